The Balaban J connectivity index is 2.34. The molecule has 1 aromatic carbocycles. The van der Waals surface area contributed by atoms with E-state index in [4.69, 9.17) is 5.73 Å². The highest BCUT2D eigenvalue weighted by atomic mass is 19.1. The third-order valence-corrected chi connectivity index (χ3v) is 3.08. The van der Waals surface area contributed by atoms with Crippen molar-refractivity contribution in [2.75, 3.05) is 18.8 Å². The van der Waals surface area contributed by atoms with Gasteiger partial charge in [-0.2, -0.15) is 5.10 Å². The first-order valence-corrected chi connectivity index (χ1v) is 6.47. The molecule has 0 atom stereocenters. The second-order valence-electron chi connectivity index (χ2n) is 4.32. The minimum atomic E-state index is -0.334. The topological polar surface area (TPSA) is 64.2 Å². The van der Waals surface area contributed by atoms with E-state index < -0.39 is 0 Å². The van der Waals surface area contributed by atoms with Gasteiger partial charge >= 0.3 is 0 Å². The number of halogens is 1. The maximum Gasteiger partial charge on any atom is 0.274 e. The van der Waals surface area contributed by atoms with Crippen molar-refractivity contribution >= 4 is 11.7 Å². The van der Waals surface area contributed by atoms with Crippen LogP contribution in [0.5, 0.6) is 0 Å². The molecule has 0 aliphatic rings. The second-order valence-corrected chi connectivity index (χ2v) is 4.32. The van der Waals surface area contributed by atoms with E-state index in [0.717, 1.165) is 0 Å². The number of rotatable bonds is 4. The number of hydrogen-bond acceptors (Lipinski definition) is 3. The van der Waals surface area contributed by atoms with Crippen LogP contribution in [0.25, 0.3) is 5.69 Å². The molecule has 0 bridgehead atoms. The third-order valence-electron chi connectivity index (χ3n) is 3.08. The average Bonchev–Trinajstić information content (AvgIpc) is 2.83. The van der Waals surface area contributed by atoms with E-state index >= 15 is 0 Å². The minimum absolute atomic E-state index is 0.164. The van der Waals surface area contributed by atoms with Gasteiger partial charge in [0.2, 0.25) is 0 Å². The molecular weight excluding hydrogens is 259 g/mol. The molecule has 0 spiro atoms. The lowest BCUT2D eigenvalue weighted by molar-refractivity contribution is 0.0766. The van der Waals surface area contributed by atoms with Crippen molar-refractivity contribution in [2.24, 2.45) is 0 Å². The van der Waals surface area contributed by atoms with Gasteiger partial charge in [-0.1, -0.05) is 0 Å². The number of nitrogen functional groups attached to an aromatic ring is 1. The van der Waals surface area contributed by atoms with Gasteiger partial charge in [0, 0.05) is 19.2 Å². The molecule has 2 aromatic rings. The number of nitrogens with zero attached hydrogens (tertiary/aromatic N) is 3. The Bertz CT molecular complexity index is 602. The lowest BCUT2D eigenvalue weighted by atomic mass is 10.3. The first kappa shape index (κ1) is 14.0. The number of aromatic nitrogens is 2. The fourth-order valence-corrected chi connectivity index (χ4v) is 1.96. The summed E-state index contributed by atoms with van der Waals surface area (Å²) in [5.41, 5.74) is 6.77. The summed E-state index contributed by atoms with van der Waals surface area (Å²) in [6, 6.07) is 7.30. The highest BCUT2D eigenvalue weighted by Gasteiger charge is 2.18. The van der Waals surface area contributed by atoms with Gasteiger partial charge < -0.3 is 10.6 Å². The average molecular weight is 276 g/mol. The van der Waals surface area contributed by atoms with Crippen molar-refractivity contribution in [3.8, 4) is 5.69 Å². The van der Waals surface area contributed by atoms with Crippen LogP contribution in [-0.4, -0.2) is 33.7 Å². The van der Waals surface area contributed by atoms with E-state index in [9.17, 15) is 9.18 Å². The van der Waals surface area contributed by atoms with E-state index in [2.05, 4.69) is 5.10 Å². The zero-order valence-electron chi connectivity index (χ0n) is 11.5. The van der Waals surface area contributed by atoms with Gasteiger partial charge in [-0.3, -0.25) is 4.79 Å². The standard InChI is InChI=1S/C14H17FN4O/c1-3-18(4-2)14(20)12-9-13(16)19(17-12)11-7-5-10(15)6-8-11/h5-9H,3-4,16H2,1-2H3. The Hall–Kier alpha value is -2.37. The quantitative estimate of drug-likeness (QED) is 0.929. The molecule has 0 saturated heterocycles. The largest absolute Gasteiger partial charge is 0.384 e. The summed E-state index contributed by atoms with van der Waals surface area (Å²) in [5, 5.41) is 4.20. The molecule has 1 amide bonds. The molecule has 1 aromatic heterocycles. The third kappa shape index (κ3) is 2.64. The number of carbonyl (C=O) groups excluding carboxylic acids is 1. The fraction of sp³-hybridized carbons (Fsp3) is 0.286. The molecule has 6 heteroatoms. The number of benzene rings is 1. The summed E-state index contributed by atoms with van der Waals surface area (Å²) >= 11 is 0. The van der Waals surface area contributed by atoms with Gasteiger partial charge in [-0.05, 0) is 38.1 Å². The van der Waals surface area contributed by atoms with E-state index in [1.165, 1.54) is 22.9 Å². The van der Waals surface area contributed by atoms with Crippen LogP contribution in [0.1, 0.15) is 24.3 Å². The van der Waals surface area contributed by atoms with Gasteiger partial charge in [0.1, 0.15) is 11.6 Å². The lowest BCUT2D eigenvalue weighted by Crippen LogP contribution is -2.30. The van der Waals surface area contributed by atoms with Crippen molar-refractivity contribution in [2.45, 2.75) is 13.8 Å². The molecule has 106 valence electrons. The molecule has 0 unspecified atom stereocenters. The molecule has 20 heavy (non-hydrogen) atoms. The maximum absolute atomic E-state index is 12.9. The van der Waals surface area contributed by atoms with Gasteiger partial charge in [0.05, 0.1) is 5.69 Å². The van der Waals surface area contributed by atoms with Gasteiger partial charge in [0.15, 0.2) is 5.69 Å². The maximum atomic E-state index is 12.9. The normalized spacial score (nSPS) is 10.6. The Morgan fingerprint density at radius 1 is 1.30 bits per heavy atom. The molecule has 2 rings (SSSR count). The first-order valence-electron chi connectivity index (χ1n) is 6.47. The molecule has 1 heterocycles. The van der Waals surface area contributed by atoms with Crippen LogP contribution in [0.4, 0.5) is 10.2 Å². The Kier molecular flexibility index (Phi) is 4.02. The van der Waals surface area contributed by atoms with Crippen molar-refractivity contribution in [3.05, 3.63) is 41.8 Å². The zero-order chi connectivity index (χ0) is 14.7. The van der Waals surface area contributed by atoms with Crippen molar-refractivity contribution in [1.82, 2.24) is 14.7 Å². The predicted octanol–water partition coefficient (Wildman–Crippen LogP) is 2.08. The van der Waals surface area contributed by atoms with Crippen molar-refractivity contribution < 1.29 is 9.18 Å². The van der Waals surface area contributed by atoms with Crippen LogP contribution in [0.3, 0.4) is 0 Å². The second kappa shape index (κ2) is 5.73. The highest BCUT2D eigenvalue weighted by Crippen LogP contribution is 2.16. The van der Waals surface area contributed by atoms with Crippen molar-refractivity contribution in [3.63, 3.8) is 0 Å². The summed E-state index contributed by atoms with van der Waals surface area (Å²) in [5.74, 6) is -0.159. The number of nitrogens with two attached hydrogens (primary N) is 1. The summed E-state index contributed by atoms with van der Waals surface area (Å²) in [6.07, 6.45) is 0. The minimum Gasteiger partial charge on any atom is -0.384 e. The molecule has 2 N–H and O–H groups in total. The van der Waals surface area contributed by atoms with E-state index in [1.54, 1.807) is 17.0 Å². The van der Waals surface area contributed by atoms with Crippen LogP contribution >= 0.6 is 0 Å². The number of carbonyl (C=O) groups is 1. The SMILES string of the molecule is CCN(CC)C(=O)c1cc(N)n(-c2ccc(F)cc2)n1. The molecule has 0 saturated carbocycles. The van der Waals surface area contributed by atoms with E-state index in [-0.39, 0.29) is 17.4 Å². The number of amides is 1. The molecule has 5 nitrogen and oxygen atoms in total. The summed E-state index contributed by atoms with van der Waals surface area (Å²) in [7, 11) is 0. The first-order chi connectivity index (χ1) is 9.56. The van der Waals surface area contributed by atoms with E-state index in [0.29, 0.717) is 24.6 Å². The highest BCUT2D eigenvalue weighted by molar-refractivity contribution is 5.93. The van der Waals surface area contributed by atoms with Crippen LogP contribution in [0, 0.1) is 5.82 Å². The van der Waals surface area contributed by atoms with Crippen LogP contribution in [-0.2, 0) is 0 Å². The fourth-order valence-electron chi connectivity index (χ4n) is 1.96. The molecule has 0 aliphatic heterocycles. The molecule has 0 aliphatic carbocycles. The van der Waals surface area contributed by atoms with Gasteiger partial charge in [-0.25, -0.2) is 9.07 Å². The van der Waals surface area contributed by atoms with Crippen LogP contribution in [0.15, 0.2) is 30.3 Å². The lowest BCUT2D eigenvalue weighted by Gasteiger charge is -2.16. The molecule has 0 fully saturated rings. The van der Waals surface area contributed by atoms with Gasteiger partial charge in [-0.15, -0.1) is 0 Å². The van der Waals surface area contributed by atoms with Gasteiger partial charge in [0.25, 0.3) is 5.91 Å². The summed E-state index contributed by atoms with van der Waals surface area (Å²) in [6.45, 7) is 5.03. The summed E-state index contributed by atoms with van der Waals surface area (Å²) in [4.78, 5) is 13.9. The number of anilines is 1. The van der Waals surface area contributed by atoms with Crippen LogP contribution in [0.2, 0.25) is 0 Å². The Morgan fingerprint density at radius 2 is 1.90 bits per heavy atom. The smallest absolute Gasteiger partial charge is 0.274 e. The zero-order valence-corrected chi connectivity index (χ0v) is 11.5. The number of hydrogen-bond donors (Lipinski definition) is 1. The Labute approximate surface area is 116 Å². The summed E-state index contributed by atoms with van der Waals surface area (Å²) < 4.78 is 14.3. The van der Waals surface area contributed by atoms with Crippen molar-refractivity contribution in [1.29, 1.82) is 0 Å². The van der Waals surface area contributed by atoms with E-state index in [1.807, 2.05) is 13.8 Å². The predicted molar refractivity (Wildman–Crippen MR) is 75.2 cm³/mol. The monoisotopic (exact) mass is 276 g/mol. The molecule has 0 radical (unpaired) electrons. The van der Waals surface area contributed by atoms with Crippen LogP contribution < -0.4 is 5.73 Å². The Morgan fingerprint density at radius 3 is 2.45 bits per heavy atom. The molecular formula is C14H17FN4O.